The van der Waals surface area contributed by atoms with E-state index in [-0.39, 0.29) is 17.1 Å². The molecule has 0 saturated carbocycles. The summed E-state index contributed by atoms with van der Waals surface area (Å²) in [5.74, 6) is -1.43. The summed E-state index contributed by atoms with van der Waals surface area (Å²) in [4.78, 5) is 9.88. The smallest absolute Gasteiger partial charge is 0.305 e. The van der Waals surface area contributed by atoms with Gasteiger partial charge in [-0.3, -0.25) is 10.1 Å². The topological polar surface area (TPSA) is 55.2 Å². The summed E-state index contributed by atoms with van der Waals surface area (Å²) in [6.45, 7) is -0.0303. The number of hydrogen-bond acceptors (Lipinski definition) is 3. The van der Waals surface area contributed by atoms with Crippen LogP contribution < -0.4 is 5.32 Å². The number of nitrogens with zero attached hydrogens (tertiary/aromatic N) is 1. The fourth-order valence-corrected chi connectivity index (χ4v) is 2.70. The third-order valence-corrected chi connectivity index (χ3v) is 3.64. The number of hydrogen-bond donors (Lipinski definition) is 1. The van der Waals surface area contributed by atoms with Gasteiger partial charge in [0.05, 0.1) is 15.6 Å². The maximum atomic E-state index is 13.9. The highest BCUT2D eigenvalue weighted by molar-refractivity contribution is 9.10. The molecule has 2 rings (SSSR count). The van der Waals surface area contributed by atoms with Crippen molar-refractivity contribution in [1.82, 2.24) is 0 Å². The minimum absolute atomic E-state index is 0.0303. The molecule has 0 heterocycles. The molecule has 21 heavy (non-hydrogen) atoms. The van der Waals surface area contributed by atoms with Crippen molar-refractivity contribution in [3.63, 3.8) is 0 Å². The van der Waals surface area contributed by atoms with E-state index < -0.39 is 22.2 Å². The Labute approximate surface area is 132 Å². The number of nitro benzene ring substituents is 1. The maximum absolute atomic E-state index is 13.9. The monoisotopic (exact) mass is 376 g/mol. The van der Waals surface area contributed by atoms with Crippen LogP contribution in [0.25, 0.3) is 0 Å². The van der Waals surface area contributed by atoms with E-state index in [1.54, 1.807) is 0 Å². The molecule has 0 aromatic heterocycles. The van der Waals surface area contributed by atoms with Crippen molar-refractivity contribution < 1.29 is 13.7 Å². The highest BCUT2D eigenvalue weighted by Gasteiger charge is 2.17. The first-order valence-electron chi connectivity index (χ1n) is 5.70. The van der Waals surface area contributed by atoms with Crippen LogP contribution in [0.3, 0.4) is 0 Å². The number of nitro groups is 1. The Morgan fingerprint density at radius 2 is 2.05 bits per heavy atom. The van der Waals surface area contributed by atoms with Crippen LogP contribution in [0.4, 0.5) is 20.2 Å². The summed E-state index contributed by atoms with van der Waals surface area (Å²) < 4.78 is 27.4. The molecule has 0 saturated heterocycles. The van der Waals surface area contributed by atoms with E-state index in [1.165, 1.54) is 18.2 Å². The second kappa shape index (κ2) is 6.36. The molecule has 0 spiro atoms. The highest BCUT2D eigenvalue weighted by atomic mass is 79.9. The van der Waals surface area contributed by atoms with Gasteiger partial charge in [-0.1, -0.05) is 23.7 Å². The van der Waals surface area contributed by atoms with Gasteiger partial charge in [0.1, 0.15) is 5.82 Å². The first-order valence-corrected chi connectivity index (χ1v) is 6.87. The van der Waals surface area contributed by atoms with Gasteiger partial charge in [-0.2, -0.15) is 4.39 Å². The van der Waals surface area contributed by atoms with E-state index in [1.807, 2.05) is 0 Å². The Morgan fingerprint density at radius 1 is 1.33 bits per heavy atom. The highest BCUT2D eigenvalue weighted by Crippen LogP contribution is 2.32. The van der Waals surface area contributed by atoms with Gasteiger partial charge in [-0.05, 0) is 28.1 Å². The lowest BCUT2D eigenvalue weighted by Gasteiger charge is -2.11. The van der Waals surface area contributed by atoms with Gasteiger partial charge in [-0.25, -0.2) is 4.39 Å². The Kier molecular flexibility index (Phi) is 4.74. The molecule has 0 aliphatic heterocycles. The Hall–Kier alpha value is -1.73. The SMILES string of the molecule is O=[N+]([O-])c1cccc(CNc2c(Cl)cc(F)cc2Br)c1F. The number of benzene rings is 2. The fraction of sp³-hybridized carbons (Fsp3) is 0.0769. The van der Waals surface area contributed by atoms with Crippen molar-refractivity contribution in [2.45, 2.75) is 6.54 Å². The predicted octanol–water partition coefficient (Wildman–Crippen LogP) is 4.90. The second-order valence-corrected chi connectivity index (χ2v) is 5.37. The summed E-state index contributed by atoms with van der Waals surface area (Å²) in [6.07, 6.45) is 0. The third-order valence-electron chi connectivity index (χ3n) is 2.72. The number of nitrogens with one attached hydrogen (secondary N) is 1. The zero-order valence-corrected chi connectivity index (χ0v) is 12.7. The number of halogens is 4. The fourth-order valence-electron chi connectivity index (χ4n) is 1.74. The van der Waals surface area contributed by atoms with Crippen molar-refractivity contribution in [2.75, 3.05) is 5.32 Å². The van der Waals surface area contributed by atoms with Crippen LogP contribution in [-0.2, 0) is 6.54 Å². The molecule has 2 aromatic carbocycles. The molecule has 2 aromatic rings. The Balaban J connectivity index is 2.25. The minimum atomic E-state index is -0.913. The standard InChI is InChI=1S/C13H8BrClF2N2O2/c14-9-4-8(16)5-10(15)13(9)18-6-7-2-1-3-11(12(7)17)19(20)21/h1-5,18H,6H2. The first-order chi connectivity index (χ1) is 9.90. The normalized spacial score (nSPS) is 10.5. The van der Waals surface area contributed by atoms with E-state index >= 15 is 0 Å². The molecule has 0 bridgehead atoms. The maximum Gasteiger partial charge on any atom is 0.305 e. The molecular weight excluding hydrogens is 370 g/mol. The minimum Gasteiger partial charge on any atom is -0.379 e. The van der Waals surface area contributed by atoms with E-state index in [2.05, 4.69) is 21.2 Å². The molecule has 0 radical (unpaired) electrons. The molecule has 0 atom stereocenters. The second-order valence-electron chi connectivity index (χ2n) is 4.11. The van der Waals surface area contributed by atoms with Crippen LogP contribution in [0.1, 0.15) is 5.56 Å². The van der Waals surface area contributed by atoms with Gasteiger partial charge >= 0.3 is 5.69 Å². The van der Waals surface area contributed by atoms with Gasteiger partial charge < -0.3 is 5.32 Å². The summed E-state index contributed by atoms with van der Waals surface area (Å²) in [6, 6.07) is 6.20. The van der Waals surface area contributed by atoms with Crippen molar-refractivity contribution in [1.29, 1.82) is 0 Å². The van der Waals surface area contributed by atoms with Crippen LogP contribution in [-0.4, -0.2) is 4.92 Å². The lowest BCUT2D eigenvalue weighted by molar-refractivity contribution is -0.387. The van der Waals surface area contributed by atoms with Crippen LogP contribution >= 0.6 is 27.5 Å². The number of anilines is 1. The third kappa shape index (κ3) is 3.48. The zero-order chi connectivity index (χ0) is 15.6. The van der Waals surface area contributed by atoms with Crippen molar-refractivity contribution in [3.8, 4) is 0 Å². The Morgan fingerprint density at radius 3 is 2.67 bits per heavy atom. The molecule has 0 aliphatic carbocycles. The summed E-state index contributed by atoms with van der Waals surface area (Å²) in [5, 5.41) is 13.6. The molecule has 0 amide bonds. The summed E-state index contributed by atoms with van der Waals surface area (Å²) in [5.41, 5.74) is -0.112. The molecule has 110 valence electrons. The van der Waals surface area contributed by atoms with E-state index in [0.29, 0.717) is 10.2 Å². The predicted molar refractivity (Wildman–Crippen MR) is 79.5 cm³/mol. The van der Waals surface area contributed by atoms with Crippen LogP contribution in [0, 0.1) is 21.7 Å². The van der Waals surface area contributed by atoms with Crippen LogP contribution in [0.15, 0.2) is 34.8 Å². The van der Waals surface area contributed by atoms with Gasteiger partial charge in [0, 0.05) is 22.6 Å². The van der Waals surface area contributed by atoms with Crippen LogP contribution in [0.2, 0.25) is 5.02 Å². The molecule has 0 fully saturated rings. The zero-order valence-electron chi connectivity index (χ0n) is 10.4. The average molecular weight is 378 g/mol. The van der Waals surface area contributed by atoms with Gasteiger partial charge in [0.15, 0.2) is 0 Å². The molecule has 1 N–H and O–H groups in total. The van der Waals surface area contributed by atoms with E-state index in [9.17, 15) is 18.9 Å². The quantitative estimate of drug-likeness (QED) is 0.609. The lowest BCUT2D eigenvalue weighted by atomic mass is 10.2. The molecular formula is C13H8BrClF2N2O2. The largest absolute Gasteiger partial charge is 0.379 e. The van der Waals surface area contributed by atoms with Gasteiger partial charge in [0.2, 0.25) is 5.82 Å². The van der Waals surface area contributed by atoms with Gasteiger partial charge in [-0.15, -0.1) is 0 Å². The van der Waals surface area contributed by atoms with Crippen LogP contribution in [0.5, 0.6) is 0 Å². The Bertz CT molecular complexity index is 690. The molecule has 8 heteroatoms. The average Bonchev–Trinajstić information content (AvgIpc) is 2.38. The van der Waals surface area contributed by atoms with Crippen molar-refractivity contribution in [3.05, 3.63) is 67.1 Å². The van der Waals surface area contributed by atoms with Crippen molar-refractivity contribution in [2.24, 2.45) is 0 Å². The van der Waals surface area contributed by atoms with E-state index in [0.717, 1.165) is 12.1 Å². The number of rotatable bonds is 4. The van der Waals surface area contributed by atoms with Gasteiger partial charge in [0.25, 0.3) is 0 Å². The van der Waals surface area contributed by atoms with Crippen molar-refractivity contribution >= 4 is 38.9 Å². The van der Waals surface area contributed by atoms with E-state index in [4.69, 9.17) is 11.6 Å². The first kappa shape index (κ1) is 15.7. The summed E-state index contributed by atoms with van der Waals surface area (Å²) >= 11 is 9.03. The molecule has 0 aliphatic rings. The lowest BCUT2D eigenvalue weighted by Crippen LogP contribution is -2.05. The molecule has 4 nitrogen and oxygen atoms in total. The molecule has 0 unspecified atom stereocenters. The summed E-state index contributed by atoms with van der Waals surface area (Å²) in [7, 11) is 0.